The molecule has 0 aromatic heterocycles. The molecular weight excluding hydrogens is 202 g/mol. The minimum atomic E-state index is -0.174. The fourth-order valence-electron chi connectivity index (χ4n) is 1.06. The van der Waals surface area contributed by atoms with Gasteiger partial charge in [0.1, 0.15) is 0 Å². The lowest BCUT2D eigenvalue weighted by molar-refractivity contribution is 0.587. The molecule has 1 atom stereocenters. The summed E-state index contributed by atoms with van der Waals surface area (Å²) in [7, 11) is 0. The minimum Gasteiger partial charge on any atom is -0.370 e. The van der Waals surface area contributed by atoms with Gasteiger partial charge in [0, 0.05) is 0 Å². The number of aliphatic imine (C=N–C) groups is 1. The molecule has 0 radical (unpaired) electrons. The summed E-state index contributed by atoms with van der Waals surface area (Å²) < 4.78 is 0. The van der Waals surface area contributed by atoms with E-state index < -0.39 is 0 Å². The molecule has 0 amide bonds. The molecule has 0 spiro atoms. The third kappa shape index (κ3) is 7.67. The van der Waals surface area contributed by atoms with E-state index in [0.717, 1.165) is 19.3 Å². The van der Waals surface area contributed by atoms with Crippen LogP contribution in [0.3, 0.4) is 0 Å². The molecule has 0 aliphatic heterocycles. The van der Waals surface area contributed by atoms with Gasteiger partial charge in [0.05, 0.1) is 6.04 Å². The molecule has 84 valence electrons. The van der Waals surface area contributed by atoms with Crippen LogP contribution in [-0.2, 0) is 0 Å². The second-order valence-corrected chi connectivity index (χ2v) is 2.90. The Morgan fingerprint density at radius 2 is 2.00 bits per heavy atom. The summed E-state index contributed by atoms with van der Waals surface area (Å²) in [5, 5.41) is 9.39. The molecule has 0 aliphatic carbocycles. The van der Waals surface area contributed by atoms with Crippen LogP contribution in [0.4, 0.5) is 0 Å². The molecule has 0 heterocycles. The summed E-state index contributed by atoms with van der Waals surface area (Å²) >= 11 is 0. The maximum absolute atomic E-state index is 6.93. The monoisotopic (exact) mass is 221 g/mol. The van der Waals surface area contributed by atoms with Crippen LogP contribution < -0.4 is 16.8 Å². The number of nitrogens with zero attached hydrogens (tertiary/aromatic N) is 1. The first-order valence-corrected chi connectivity index (χ1v) is 4.54. The van der Waals surface area contributed by atoms with E-state index in [-0.39, 0.29) is 30.4 Å². The van der Waals surface area contributed by atoms with Gasteiger partial charge in [-0.1, -0.05) is 20.3 Å². The van der Waals surface area contributed by atoms with E-state index in [4.69, 9.17) is 16.9 Å². The summed E-state index contributed by atoms with van der Waals surface area (Å²) in [5.74, 6) is 0.0559. The largest absolute Gasteiger partial charge is 0.370 e. The second-order valence-electron chi connectivity index (χ2n) is 2.90. The summed E-state index contributed by atoms with van der Waals surface area (Å²) in [6.45, 7) is 4.16. The summed E-state index contributed by atoms with van der Waals surface area (Å²) in [6, 6.07) is 0.233. The predicted octanol–water partition coefficient (Wildman–Crippen LogP) is 0.785. The summed E-state index contributed by atoms with van der Waals surface area (Å²) in [5.41, 5.74) is 10.6. The third-order valence-corrected chi connectivity index (χ3v) is 1.68. The number of nitrogens with two attached hydrogens (primary N) is 2. The van der Waals surface area contributed by atoms with Crippen LogP contribution in [0.15, 0.2) is 4.99 Å². The SMILES string of the molecule is CCCC(CC)N=C(N)NC(=N)N.Cl. The number of hydrogen-bond donors (Lipinski definition) is 4. The highest BCUT2D eigenvalue weighted by atomic mass is 35.5. The Balaban J connectivity index is 0. The molecule has 0 saturated heterocycles. The van der Waals surface area contributed by atoms with Crippen LogP contribution in [0.2, 0.25) is 0 Å². The van der Waals surface area contributed by atoms with Gasteiger partial charge < -0.3 is 11.5 Å². The van der Waals surface area contributed by atoms with Crippen LogP contribution in [0.1, 0.15) is 33.1 Å². The molecule has 6 heteroatoms. The number of guanidine groups is 2. The Morgan fingerprint density at radius 1 is 1.43 bits per heavy atom. The Morgan fingerprint density at radius 3 is 2.36 bits per heavy atom. The molecule has 0 saturated carbocycles. The van der Waals surface area contributed by atoms with Gasteiger partial charge >= 0.3 is 0 Å². The molecule has 0 aromatic carbocycles. The molecule has 0 rings (SSSR count). The lowest BCUT2D eigenvalue weighted by Crippen LogP contribution is -2.41. The zero-order valence-electron chi connectivity index (χ0n) is 8.71. The smallest absolute Gasteiger partial charge is 0.195 e. The van der Waals surface area contributed by atoms with Gasteiger partial charge in [-0.3, -0.25) is 10.7 Å². The van der Waals surface area contributed by atoms with Crippen molar-refractivity contribution < 1.29 is 0 Å². The Kier molecular flexibility index (Phi) is 9.54. The molecule has 5 nitrogen and oxygen atoms in total. The van der Waals surface area contributed by atoms with Crippen molar-refractivity contribution in [1.29, 1.82) is 5.41 Å². The first-order valence-electron chi connectivity index (χ1n) is 4.54. The molecule has 0 aliphatic rings. The van der Waals surface area contributed by atoms with Crippen molar-refractivity contribution in [2.45, 2.75) is 39.2 Å². The van der Waals surface area contributed by atoms with E-state index in [0.29, 0.717) is 0 Å². The fourth-order valence-corrected chi connectivity index (χ4v) is 1.06. The first kappa shape index (κ1) is 15.5. The van der Waals surface area contributed by atoms with Crippen molar-refractivity contribution >= 4 is 24.3 Å². The van der Waals surface area contributed by atoms with E-state index in [1.54, 1.807) is 0 Å². The molecule has 1 unspecified atom stereocenters. The lowest BCUT2D eigenvalue weighted by atomic mass is 10.1. The second kappa shape index (κ2) is 8.62. The van der Waals surface area contributed by atoms with Gasteiger partial charge in [-0.25, -0.2) is 4.99 Å². The Bertz CT molecular complexity index is 192. The number of hydrogen-bond acceptors (Lipinski definition) is 2. The van der Waals surface area contributed by atoms with Crippen LogP contribution in [0.25, 0.3) is 0 Å². The van der Waals surface area contributed by atoms with Gasteiger partial charge in [-0.05, 0) is 12.8 Å². The predicted molar refractivity (Wildman–Crippen MR) is 62.9 cm³/mol. The van der Waals surface area contributed by atoms with Gasteiger partial charge in [-0.2, -0.15) is 0 Å². The molecule has 0 aromatic rings. The van der Waals surface area contributed by atoms with Crippen LogP contribution in [-0.4, -0.2) is 18.0 Å². The van der Waals surface area contributed by atoms with Crippen molar-refractivity contribution in [1.82, 2.24) is 5.32 Å². The standard InChI is InChI=1S/C8H19N5.ClH/c1-3-5-6(4-2)12-8(11)13-7(9)10;/h6H,3-5H2,1-2H3,(H6,9,10,11,12,13);1H. The normalized spacial score (nSPS) is 12.9. The van der Waals surface area contributed by atoms with E-state index >= 15 is 0 Å². The maximum Gasteiger partial charge on any atom is 0.195 e. The summed E-state index contributed by atoms with van der Waals surface area (Å²) in [4.78, 5) is 4.19. The van der Waals surface area contributed by atoms with E-state index in [2.05, 4.69) is 24.2 Å². The number of halogens is 1. The van der Waals surface area contributed by atoms with E-state index in [9.17, 15) is 0 Å². The zero-order valence-corrected chi connectivity index (χ0v) is 9.53. The van der Waals surface area contributed by atoms with Crippen molar-refractivity contribution in [3.8, 4) is 0 Å². The highest BCUT2D eigenvalue weighted by Crippen LogP contribution is 2.04. The van der Waals surface area contributed by atoms with Crippen LogP contribution in [0.5, 0.6) is 0 Å². The van der Waals surface area contributed by atoms with Crippen molar-refractivity contribution in [3.63, 3.8) is 0 Å². The number of rotatable bonds is 4. The molecule has 0 bridgehead atoms. The molecular formula is C8H20ClN5. The fraction of sp³-hybridized carbons (Fsp3) is 0.750. The Labute approximate surface area is 91.3 Å². The van der Waals surface area contributed by atoms with Crippen molar-refractivity contribution in [2.24, 2.45) is 16.5 Å². The quantitative estimate of drug-likeness (QED) is 0.417. The Hall–Kier alpha value is -0.970. The maximum atomic E-state index is 6.93. The van der Waals surface area contributed by atoms with E-state index in [1.807, 2.05) is 0 Å². The van der Waals surface area contributed by atoms with E-state index in [1.165, 1.54) is 0 Å². The molecule has 6 N–H and O–H groups in total. The van der Waals surface area contributed by atoms with Crippen LogP contribution in [0, 0.1) is 5.41 Å². The lowest BCUT2D eigenvalue weighted by Gasteiger charge is -2.10. The van der Waals surface area contributed by atoms with Gasteiger partial charge in [0.25, 0.3) is 0 Å². The van der Waals surface area contributed by atoms with Gasteiger partial charge in [0.2, 0.25) is 0 Å². The van der Waals surface area contributed by atoms with Gasteiger partial charge in [0.15, 0.2) is 11.9 Å². The van der Waals surface area contributed by atoms with Crippen molar-refractivity contribution in [3.05, 3.63) is 0 Å². The minimum absolute atomic E-state index is 0. The van der Waals surface area contributed by atoms with Crippen molar-refractivity contribution in [2.75, 3.05) is 0 Å². The first-order chi connectivity index (χ1) is 6.10. The third-order valence-electron chi connectivity index (χ3n) is 1.68. The summed E-state index contributed by atoms with van der Waals surface area (Å²) in [6.07, 6.45) is 3.04. The molecule has 14 heavy (non-hydrogen) atoms. The average Bonchev–Trinajstić information content (AvgIpc) is 2.02. The topological polar surface area (TPSA) is 100 Å². The highest BCUT2D eigenvalue weighted by Gasteiger charge is 2.03. The van der Waals surface area contributed by atoms with Gasteiger partial charge in [-0.15, -0.1) is 12.4 Å². The zero-order chi connectivity index (χ0) is 10.3. The molecule has 0 fully saturated rings. The average molecular weight is 222 g/mol. The van der Waals surface area contributed by atoms with Crippen LogP contribution >= 0.6 is 12.4 Å². The number of nitrogens with one attached hydrogen (secondary N) is 2. The highest BCUT2D eigenvalue weighted by molar-refractivity contribution is 5.95.